The summed E-state index contributed by atoms with van der Waals surface area (Å²) in [5.41, 5.74) is 2.40. The van der Waals surface area contributed by atoms with Gasteiger partial charge in [0.15, 0.2) is 9.84 Å². The predicted octanol–water partition coefficient (Wildman–Crippen LogP) is 3.12. The predicted molar refractivity (Wildman–Crippen MR) is 105 cm³/mol. The minimum atomic E-state index is -5.85. The van der Waals surface area contributed by atoms with Crippen LogP contribution in [0.25, 0.3) is 10.9 Å². The molecule has 3 heterocycles. The Morgan fingerprint density at radius 1 is 1.15 bits per heavy atom. The van der Waals surface area contributed by atoms with Gasteiger partial charge in [-0.2, -0.15) is 35.8 Å². The molecule has 2 aliphatic heterocycles. The van der Waals surface area contributed by atoms with E-state index >= 15 is 0 Å². The standard InChI is InChI=1S/C18H17F7N6O2S/c1-3-34(32,33)12-6-11-8(7-26-31(11)16(19)20)4-9(12)14-27-10-5-13(17(21,22)18(23,24)25)28-29-15(10)30(14)2/h4-7,14,16,27-29H,3H2,1-2H3. The van der Waals surface area contributed by atoms with Crippen LogP contribution in [0.3, 0.4) is 0 Å². The van der Waals surface area contributed by atoms with Crippen LogP contribution in [0.2, 0.25) is 0 Å². The molecule has 0 bridgehead atoms. The Morgan fingerprint density at radius 2 is 1.82 bits per heavy atom. The van der Waals surface area contributed by atoms with E-state index in [0.29, 0.717) is 10.8 Å². The van der Waals surface area contributed by atoms with Crippen LogP contribution >= 0.6 is 0 Å². The number of rotatable bonds is 5. The fourth-order valence-corrected chi connectivity index (χ4v) is 4.83. The van der Waals surface area contributed by atoms with Crippen LogP contribution in [0.5, 0.6) is 0 Å². The van der Waals surface area contributed by atoms with Gasteiger partial charge in [-0.3, -0.25) is 10.9 Å². The second kappa shape index (κ2) is 7.68. The summed E-state index contributed by atoms with van der Waals surface area (Å²) in [6, 6.07) is 2.35. The summed E-state index contributed by atoms with van der Waals surface area (Å²) in [4.78, 5) is 1.06. The summed E-state index contributed by atoms with van der Waals surface area (Å²) < 4.78 is 118. The lowest BCUT2D eigenvalue weighted by molar-refractivity contribution is -0.266. The smallest absolute Gasteiger partial charge is 0.358 e. The van der Waals surface area contributed by atoms with Gasteiger partial charge in [-0.15, -0.1) is 0 Å². The van der Waals surface area contributed by atoms with Crippen molar-refractivity contribution in [1.82, 2.24) is 30.8 Å². The molecule has 4 rings (SSSR count). The number of hydrazine groups is 1. The molecule has 1 aromatic heterocycles. The number of allylic oxidation sites excluding steroid dienone is 2. The minimum Gasteiger partial charge on any atom is -0.358 e. The summed E-state index contributed by atoms with van der Waals surface area (Å²) in [6.45, 7) is -1.68. The highest BCUT2D eigenvalue weighted by Crippen LogP contribution is 2.42. The molecular weight excluding hydrogens is 497 g/mol. The maximum Gasteiger partial charge on any atom is 0.459 e. The number of hydrogen-bond acceptors (Lipinski definition) is 7. The Labute approximate surface area is 188 Å². The molecule has 0 saturated heterocycles. The van der Waals surface area contributed by atoms with Crippen molar-refractivity contribution < 1.29 is 39.2 Å². The molecule has 0 saturated carbocycles. The Balaban J connectivity index is 1.80. The quantitative estimate of drug-likeness (QED) is 0.529. The Bertz CT molecular complexity index is 1320. The first kappa shape index (κ1) is 24.0. The van der Waals surface area contributed by atoms with Gasteiger partial charge in [0.1, 0.15) is 17.7 Å². The van der Waals surface area contributed by atoms with Gasteiger partial charge in [0, 0.05) is 18.0 Å². The number of sulfone groups is 1. The molecule has 8 nitrogen and oxygen atoms in total. The monoisotopic (exact) mass is 514 g/mol. The molecule has 0 radical (unpaired) electrons. The maximum absolute atomic E-state index is 13.8. The number of nitrogens with one attached hydrogen (secondary N) is 3. The number of hydrogen-bond donors (Lipinski definition) is 3. The zero-order chi connectivity index (χ0) is 25.2. The van der Waals surface area contributed by atoms with E-state index in [1.807, 2.05) is 5.43 Å². The third-order valence-corrected chi connectivity index (χ3v) is 7.29. The van der Waals surface area contributed by atoms with Crippen LogP contribution in [0, 0.1) is 0 Å². The van der Waals surface area contributed by atoms with Crippen molar-refractivity contribution in [1.29, 1.82) is 0 Å². The molecule has 0 fully saturated rings. The lowest BCUT2D eigenvalue weighted by Gasteiger charge is -2.29. The molecule has 16 heteroatoms. The van der Waals surface area contributed by atoms with Gasteiger partial charge in [0.25, 0.3) is 0 Å². The molecular formula is C18H17F7N6O2S. The number of benzene rings is 1. The highest BCUT2D eigenvalue weighted by Gasteiger charge is 2.61. The van der Waals surface area contributed by atoms with Crippen LogP contribution < -0.4 is 16.2 Å². The lowest BCUT2D eigenvalue weighted by Crippen LogP contribution is -2.49. The van der Waals surface area contributed by atoms with E-state index in [4.69, 9.17) is 0 Å². The van der Waals surface area contributed by atoms with Gasteiger partial charge in [0.2, 0.25) is 0 Å². The lowest BCUT2D eigenvalue weighted by atomic mass is 10.1. The third-order valence-electron chi connectivity index (χ3n) is 5.51. The fourth-order valence-electron chi connectivity index (χ4n) is 3.70. The normalized spacial score (nSPS) is 19.2. The molecule has 0 aliphatic carbocycles. The van der Waals surface area contributed by atoms with Gasteiger partial charge in [-0.05, 0) is 18.2 Å². The van der Waals surface area contributed by atoms with E-state index in [1.165, 1.54) is 24.9 Å². The zero-order valence-electron chi connectivity index (χ0n) is 17.4. The first-order chi connectivity index (χ1) is 15.7. The number of fused-ring (bicyclic) bond motifs is 1. The first-order valence-corrected chi connectivity index (χ1v) is 11.3. The molecule has 1 aromatic carbocycles. The Kier molecular flexibility index (Phi) is 5.41. The van der Waals surface area contributed by atoms with Crippen molar-refractivity contribution in [3.63, 3.8) is 0 Å². The highest BCUT2D eigenvalue weighted by atomic mass is 32.2. The van der Waals surface area contributed by atoms with Gasteiger partial charge >= 0.3 is 18.6 Å². The molecule has 34 heavy (non-hydrogen) atoms. The van der Waals surface area contributed by atoms with Crippen LogP contribution in [0.15, 0.2) is 46.5 Å². The Morgan fingerprint density at radius 3 is 2.41 bits per heavy atom. The van der Waals surface area contributed by atoms with E-state index in [2.05, 4.69) is 15.8 Å². The summed E-state index contributed by atoms with van der Waals surface area (Å²) >= 11 is 0. The van der Waals surface area contributed by atoms with Crippen LogP contribution in [-0.4, -0.2) is 48.0 Å². The molecule has 2 aliphatic rings. The summed E-state index contributed by atoms with van der Waals surface area (Å²) in [7, 11) is -2.54. The maximum atomic E-state index is 13.8. The van der Waals surface area contributed by atoms with Gasteiger partial charge in [-0.1, -0.05) is 6.92 Å². The fraction of sp³-hybridized carbons (Fsp3) is 0.389. The second-order valence-electron chi connectivity index (χ2n) is 7.52. The third kappa shape index (κ3) is 3.59. The van der Waals surface area contributed by atoms with Crippen molar-refractivity contribution in [3.05, 3.63) is 47.2 Å². The van der Waals surface area contributed by atoms with Gasteiger partial charge in [-0.25, -0.2) is 13.1 Å². The SMILES string of the molecule is CCS(=O)(=O)c1cc2c(cnn2C(F)F)cc1C1NC2=C(NNC(C(F)(F)C(F)(F)F)=C2)N1C. The number of nitrogens with zero attached hydrogens (tertiary/aromatic N) is 3. The van der Waals surface area contributed by atoms with E-state index < -0.39 is 40.3 Å². The van der Waals surface area contributed by atoms with E-state index in [9.17, 15) is 39.2 Å². The van der Waals surface area contributed by atoms with Crippen LogP contribution in [0.4, 0.5) is 30.7 Å². The van der Waals surface area contributed by atoms with E-state index in [1.54, 1.807) is 0 Å². The number of alkyl halides is 7. The molecule has 186 valence electrons. The Hall–Kier alpha value is -3.17. The summed E-state index contributed by atoms with van der Waals surface area (Å²) in [6.07, 6.45) is -5.23. The van der Waals surface area contributed by atoms with Crippen molar-refractivity contribution >= 4 is 20.7 Å². The van der Waals surface area contributed by atoms with Gasteiger partial charge < -0.3 is 10.2 Å². The zero-order valence-corrected chi connectivity index (χ0v) is 18.2. The summed E-state index contributed by atoms with van der Waals surface area (Å²) in [5.74, 6) is -5.49. The highest BCUT2D eigenvalue weighted by molar-refractivity contribution is 7.91. The minimum absolute atomic E-state index is 0.0648. The number of aromatic nitrogens is 2. The average molecular weight is 514 g/mol. The molecule has 2 aromatic rings. The van der Waals surface area contributed by atoms with Crippen molar-refractivity contribution in [2.75, 3.05) is 12.8 Å². The van der Waals surface area contributed by atoms with Crippen LogP contribution in [-0.2, 0) is 9.84 Å². The van der Waals surface area contributed by atoms with Gasteiger partial charge in [0.05, 0.1) is 28.1 Å². The van der Waals surface area contributed by atoms with Crippen LogP contribution in [0.1, 0.15) is 25.2 Å². The van der Waals surface area contributed by atoms with E-state index in [-0.39, 0.29) is 38.6 Å². The number of halogens is 7. The second-order valence-corrected chi connectivity index (χ2v) is 9.77. The first-order valence-electron chi connectivity index (χ1n) is 9.63. The van der Waals surface area contributed by atoms with Crippen molar-refractivity contribution in [2.45, 2.75) is 36.6 Å². The van der Waals surface area contributed by atoms with E-state index in [0.717, 1.165) is 12.3 Å². The topological polar surface area (TPSA) is 91.3 Å². The van der Waals surface area contributed by atoms with Crippen molar-refractivity contribution in [3.8, 4) is 0 Å². The molecule has 0 spiro atoms. The molecule has 1 atom stereocenters. The van der Waals surface area contributed by atoms with Crippen molar-refractivity contribution in [2.24, 2.45) is 0 Å². The summed E-state index contributed by atoms with van der Waals surface area (Å²) in [5, 5.41) is 6.48. The molecule has 3 N–H and O–H groups in total. The molecule has 0 amide bonds. The average Bonchev–Trinajstić information content (AvgIpc) is 3.32. The largest absolute Gasteiger partial charge is 0.459 e. The molecule has 1 unspecified atom stereocenters.